The first kappa shape index (κ1) is 27.2. The molecule has 0 fully saturated rings. The van der Waals surface area contributed by atoms with Gasteiger partial charge < -0.3 is 4.74 Å². The van der Waals surface area contributed by atoms with Gasteiger partial charge in [-0.15, -0.1) is 0 Å². The van der Waals surface area contributed by atoms with Gasteiger partial charge in [-0.2, -0.15) is 4.98 Å². The van der Waals surface area contributed by atoms with Gasteiger partial charge in [0.25, 0.3) is 5.56 Å². The predicted molar refractivity (Wildman–Crippen MR) is 156 cm³/mol. The van der Waals surface area contributed by atoms with Gasteiger partial charge in [0.1, 0.15) is 0 Å². The Morgan fingerprint density at radius 1 is 0.875 bits per heavy atom. The van der Waals surface area contributed by atoms with Crippen LogP contribution in [0.1, 0.15) is 61.9 Å². The van der Waals surface area contributed by atoms with E-state index in [9.17, 15) is 14.4 Å². The van der Waals surface area contributed by atoms with Crippen LogP contribution in [0, 0.1) is 0 Å². The van der Waals surface area contributed by atoms with E-state index in [0.29, 0.717) is 29.1 Å². The summed E-state index contributed by atoms with van der Waals surface area (Å²) in [6.07, 6.45) is 9.13. The lowest BCUT2D eigenvalue weighted by molar-refractivity contribution is 0.0526. The van der Waals surface area contributed by atoms with Gasteiger partial charge >= 0.3 is 11.7 Å². The number of hydrogen-bond donors (Lipinski definition) is 0. The average molecular weight is 542 g/mol. The van der Waals surface area contributed by atoms with Gasteiger partial charge in [-0.3, -0.25) is 22.9 Å². The minimum absolute atomic E-state index is 0.298. The monoisotopic (exact) mass is 541 g/mol. The first-order valence-corrected chi connectivity index (χ1v) is 13.9. The number of aryl methyl sites for hydroxylation is 2. The van der Waals surface area contributed by atoms with E-state index >= 15 is 0 Å². The van der Waals surface area contributed by atoms with E-state index in [1.807, 2.05) is 22.9 Å². The number of fused-ring (bicyclic) bond motifs is 3. The molecule has 0 aliphatic heterocycles. The number of carbonyl (C=O) groups is 1. The molecular formula is C31H35N5O4. The third kappa shape index (κ3) is 4.87. The summed E-state index contributed by atoms with van der Waals surface area (Å²) in [5, 5.41) is 0. The number of unbranched alkanes of at least 4 members (excludes halogenated alkanes) is 4. The second-order valence-corrected chi connectivity index (χ2v) is 10.1. The van der Waals surface area contributed by atoms with E-state index in [1.54, 1.807) is 30.5 Å². The third-order valence-electron chi connectivity index (χ3n) is 7.42. The number of carbonyl (C=O) groups excluding carboxylic acids is 1. The summed E-state index contributed by atoms with van der Waals surface area (Å²) in [6, 6.07) is 15.6. The fraction of sp³-hybridized carbons (Fsp3) is 0.355. The van der Waals surface area contributed by atoms with Crippen LogP contribution in [0.4, 0.5) is 0 Å². The molecule has 0 saturated heterocycles. The Bertz CT molecular complexity index is 1790. The number of aromatic nitrogens is 5. The zero-order valence-electron chi connectivity index (χ0n) is 23.5. The standard InChI is InChI=1S/C31H35N5O4/c1-5-7-8-9-10-11-21-12-14-22(15-13-21)25-20-35-26-27(33(3)31(39)34(4)28(26)37)32-30(35)36(25)24-18-16-23(17-19-24)29(38)40-6-2/h12-20H,5-11H2,1-4H3. The van der Waals surface area contributed by atoms with Crippen LogP contribution in [-0.4, -0.2) is 35.7 Å². The minimum atomic E-state index is -0.436. The van der Waals surface area contributed by atoms with Crippen molar-refractivity contribution in [1.29, 1.82) is 0 Å². The summed E-state index contributed by atoms with van der Waals surface area (Å²) in [5.74, 6) is 0.106. The summed E-state index contributed by atoms with van der Waals surface area (Å²) in [4.78, 5) is 42.8. The zero-order chi connectivity index (χ0) is 28.4. The molecule has 40 heavy (non-hydrogen) atoms. The van der Waals surface area contributed by atoms with Crippen molar-refractivity contribution in [1.82, 2.24) is 23.1 Å². The molecular weight excluding hydrogens is 506 g/mol. The van der Waals surface area contributed by atoms with Crippen molar-refractivity contribution in [2.75, 3.05) is 6.61 Å². The van der Waals surface area contributed by atoms with E-state index in [-0.39, 0.29) is 5.97 Å². The summed E-state index contributed by atoms with van der Waals surface area (Å²) in [5.41, 5.74) is 4.08. The van der Waals surface area contributed by atoms with E-state index in [4.69, 9.17) is 9.72 Å². The molecule has 5 rings (SSSR count). The van der Waals surface area contributed by atoms with E-state index in [2.05, 4.69) is 31.2 Å². The molecule has 0 atom stereocenters. The summed E-state index contributed by atoms with van der Waals surface area (Å²) < 4.78 is 11.3. The highest BCUT2D eigenvalue weighted by Crippen LogP contribution is 2.29. The molecule has 208 valence electrons. The van der Waals surface area contributed by atoms with Crippen molar-refractivity contribution < 1.29 is 9.53 Å². The highest BCUT2D eigenvalue weighted by Gasteiger charge is 2.22. The van der Waals surface area contributed by atoms with Gasteiger partial charge in [0, 0.05) is 31.5 Å². The Labute approximate surface area is 232 Å². The van der Waals surface area contributed by atoms with Crippen LogP contribution in [0.5, 0.6) is 0 Å². The summed E-state index contributed by atoms with van der Waals surface area (Å²) >= 11 is 0. The molecule has 0 spiro atoms. The number of esters is 1. The topological polar surface area (TPSA) is 92.5 Å². The zero-order valence-corrected chi connectivity index (χ0v) is 23.5. The highest BCUT2D eigenvalue weighted by molar-refractivity contribution is 5.89. The fourth-order valence-corrected chi connectivity index (χ4v) is 5.16. The van der Waals surface area contributed by atoms with Gasteiger partial charge in [0.2, 0.25) is 5.78 Å². The lowest BCUT2D eigenvalue weighted by Crippen LogP contribution is -2.37. The van der Waals surface area contributed by atoms with Crippen LogP contribution in [0.3, 0.4) is 0 Å². The molecule has 0 bridgehead atoms. The minimum Gasteiger partial charge on any atom is -0.462 e. The molecule has 0 amide bonds. The maximum Gasteiger partial charge on any atom is 0.338 e. The van der Waals surface area contributed by atoms with Crippen molar-refractivity contribution in [2.24, 2.45) is 14.1 Å². The van der Waals surface area contributed by atoms with Crippen molar-refractivity contribution in [2.45, 2.75) is 52.4 Å². The largest absolute Gasteiger partial charge is 0.462 e. The van der Waals surface area contributed by atoms with Gasteiger partial charge in [0.15, 0.2) is 11.2 Å². The van der Waals surface area contributed by atoms with E-state index in [0.717, 1.165) is 27.9 Å². The average Bonchev–Trinajstić information content (AvgIpc) is 3.52. The molecule has 0 unspecified atom stereocenters. The quantitative estimate of drug-likeness (QED) is 0.183. The molecule has 5 aromatic rings. The van der Waals surface area contributed by atoms with E-state index in [1.165, 1.54) is 49.3 Å². The van der Waals surface area contributed by atoms with Crippen LogP contribution in [-0.2, 0) is 25.3 Å². The second-order valence-electron chi connectivity index (χ2n) is 10.1. The summed E-state index contributed by atoms with van der Waals surface area (Å²) in [6.45, 7) is 4.29. The Morgan fingerprint density at radius 3 is 2.25 bits per heavy atom. The maximum atomic E-state index is 13.2. The molecule has 3 heterocycles. The molecule has 9 nitrogen and oxygen atoms in total. The molecule has 0 N–H and O–H groups in total. The molecule has 0 aliphatic rings. The van der Waals surface area contributed by atoms with Crippen molar-refractivity contribution >= 4 is 22.9 Å². The predicted octanol–water partition coefficient (Wildman–Crippen LogP) is 5.03. The Balaban J connectivity index is 1.63. The van der Waals surface area contributed by atoms with Crippen LogP contribution < -0.4 is 11.2 Å². The second kappa shape index (κ2) is 11.4. The van der Waals surface area contributed by atoms with Crippen molar-refractivity contribution in [3.63, 3.8) is 0 Å². The number of nitrogens with zero attached hydrogens (tertiary/aromatic N) is 5. The fourth-order valence-electron chi connectivity index (χ4n) is 5.16. The van der Waals surface area contributed by atoms with Crippen molar-refractivity contribution in [3.05, 3.63) is 86.7 Å². The van der Waals surface area contributed by atoms with Gasteiger partial charge in [-0.1, -0.05) is 56.9 Å². The molecule has 9 heteroatoms. The Hall–Kier alpha value is -4.40. The normalized spacial score (nSPS) is 11.5. The van der Waals surface area contributed by atoms with Gasteiger partial charge in [-0.25, -0.2) is 9.59 Å². The first-order chi connectivity index (χ1) is 19.3. The molecule has 0 saturated carbocycles. The van der Waals surface area contributed by atoms with Crippen LogP contribution in [0.25, 0.3) is 33.9 Å². The molecule has 0 aliphatic carbocycles. The van der Waals surface area contributed by atoms with Gasteiger partial charge in [-0.05, 0) is 49.6 Å². The number of benzene rings is 2. The van der Waals surface area contributed by atoms with Crippen LogP contribution >= 0.6 is 0 Å². The van der Waals surface area contributed by atoms with Crippen molar-refractivity contribution in [3.8, 4) is 16.9 Å². The van der Waals surface area contributed by atoms with E-state index < -0.39 is 11.2 Å². The number of hydrogen-bond acceptors (Lipinski definition) is 5. The molecule has 2 aromatic carbocycles. The smallest absolute Gasteiger partial charge is 0.338 e. The number of ether oxygens (including phenoxy) is 1. The summed E-state index contributed by atoms with van der Waals surface area (Å²) in [7, 11) is 3.08. The first-order valence-electron chi connectivity index (χ1n) is 13.9. The van der Waals surface area contributed by atoms with Gasteiger partial charge in [0.05, 0.1) is 17.9 Å². The lowest BCUT2D eigenvalue weighted by atomic mass is 10.0. The lowest BCUT2D eigenvalue weighted by Gasteiger charge is -2.11. The highest BCUT2D eigenvalue weighted by atomic mass is 16.5. The van der Waals surface area contributed by atoms with Crippen LogP contribution in [0.15, 0.2) is 64.3 Å². The number of rotatable bonds is 10. The third-order valence-corrected chi connectivity index (χ3v) is 7.42. The Morgan fingerprint density at radius 2 is 1.57 bits per heavy atom. The van der Waals surface area contributed by atoms with Crippen LogP contribution in [0.2, 0.25) is 0 Å². The Kier molecular flexibility index (Phi) is 7.73. The molecule has 3 aromatic heterocycles. The maximum absolute atomic E-state index is 13.2. The molecule has 0 radical (unpaired) electrons. The number of imidazole rings is 2. The SMILES string of the molecule is CCCCCCCc1ccc(-c2cn3c4c(=O)n(C)c(=O)n(C)c4nc3n2-c2ccc(C(=O)OCC)cc2)cc1.